The predicted octanol–water partition coefficient (Wildman–Crippen LogP) is 3.87. The quantitative estimate of drug-likeness (QED) is 0.752. The molecule has 0 unspecified atom stereocenters. The molecule has 2 aromatic rings. The third kappa shape index (κ3) is 5.48. The highest BCUT2D eigenvalue weighted by atomic mass is 32.2. The molecule has 0 amide bonds. The lowest BCUT2D eigenvalue weighted by Gasteiger charge is -2.36. The van der Waals surface area contributed by atoms with Gasteiger partial charge >= 0.3 is 0 Å². The summed E-state index contributed by atoms with van der Waals surface area (Å²) in [6.07, 6.45) is 1.09. The molecule has 1 aromatic heterocycles. The molecule has 28 heavy (non-hydrogen) atoms. The highest BCUT2D eigenvalue weighted by Gasteiger charge is 2.42. The molecule has 0 aliphatic heterocycles. The number of rotatable bonds is 7. The number of nitrogens with zero attached hydrogens (tertiary/aromatic N) is 1. The molecule has 0 saturated heterocycles. The maximum atomic E-state index is 13.9. The van der Waals surface area contributed by atoms with E-state index in [0.29, 0.717) is 5.75 Å². The Hall–Kier alpha value is -2.06. The van der Waals surface area contributed by atoms with Gasteiger partial charge in [0.25, 0.3) is 0 Å². The minimum atomic E-state index is -3.47. The largest absolute Gasteiger partial charge is 0.493 e. The highest BCUT2D eigenvalue weighted by molar-refractivity contribution is 7.89. The number of benzene rings is 1. The summed E-state index contributed by atoms with van der Waals surface area (Å²) in [7, 11) is -3.47. The number of ether oxygens (including phenoxy) is 1. The number of pyridine rings is 1. The van der Waals surface area contributed by atoms with Gasteiger partial charge in [0.05, 0.1) is 18.1 Å². The van der Waals surface area contributed by atoms with Gasteiger partial charge < -0.3 is 4.74 Å². The number of alkyl halides is 2. The van der Waals surface area contributed by atoms with Gasteiger partial charge in [0.15, 0.2) is 0 Å². The zero-order valence-electron chi connectivity index (χ0n) is 15.6. The Balaban J connectivity index is 1.66. The molecule has 1 aromatic carbocycles. The molecule has 5 nitrogen and oxygen atoms in total. The second kappa shape index (κ2) is 8.53. The van der Waals surface area contributed by atoms with Crippen molar-refractivity contribution < 1.29 is 21.9 Å². The predicted molar refractivity (Wildman–Crippen MR) is 104 cm³/mol. The maximum absolute atomic E-state index is 13.9. The van der Waals surface area contributed by atoms with Gasteiger partial charge in [0.1, 0.15) is 5.75 Å². The third-order valence-corrected chi connectivity index (χ3v) is 6.36. The Morgan fingerprint density at radius 2 is 1.96 bits per heavy atom. The molecule has 1 N–H and O–H groups in total. The summed E-state index contributed by atoms with van der Waals surface area (Å²) in [5.41, 5.74) is 1.75. The summed E-state index contributed by atoms with van der Waals surface area (Å²) in [4.78, 5) is 4.28. The number of aromatic nitrogens is 1. The lowest BCUT2D eigenvalue weighted by atomic mass is 9.83. The van der Waals surface area contributed by atoms with E-state index in [2.05, 4.69) is 9.71 Å². The molecule has 2 atom stereocenters. The molecule has 0 bridgehead atoms. The average molecular weight is 410 g/mol. The number of sulfonamides is 1. The van der Waals surface area contributed by atoms with Crippen molar-refractivity contribution in [2.75, 3.05) is 12.4 Å². The van der Waals surface area contributed by atoms with Gasteiger partial charge in [-0.1, -0.05) is 6.07 Å². The Morgan fingerprint density at radius 3 is 2.61 bits per heavy atom. The number of hydrogen-bond donors (Lipinski definition) is 1. The summed E-state index contributed by atoms with van der Waals surface area (Å²) in [5, 5.41) is 0. The van der Waals surface area contributed by atoms with Crippen LogP contribution in [0.5, 0.6) is 5.75 Å². The molecule has 0 spiro atoms. The summed E-state index contributed by atoms with van der Waals surface area (Å²) in [6.45, 7) is 1.55. The second-order valence-corrected chi connectivity index (χ2v) is 9.08. The van der Waals surface area contributed by atoms with E-state index < -0.39 is 34.3 Å². The van der Waals surface area contributed by atoms with E-state index in [0.717, 1.165) is 11.3 Å². The van der Waals surface area contributed by atoms with Crippen LogP contribution < -0.4 is 9.46 Å². The van der Waals surface area contributed by atoms with E-state index in [1.807, 2.05) is 30.3 Å². The van der Waals surface area contributed by atoms with Crippen molar-refractivity contribution in [1.29, 1.82) is 0 Å². The summed E-state index contributed by atoms with van der Waals surface area (Å²) in [6, 6.07) is 12.3. The Kier molecular flexibility index (Phi) is 6.30. The first-order valence-electron chi connectivity index (χ1n) is 9.30. The van der Waals surface area contributed by atoms with Crippen LogP contribution in [0.3, 0.4) is 0 Å². The molecule has 8 heteroatoms. The maximum Gasteiger partial charge on any atom is 0.248 e. The molecular weight excluding hydrogens is 386 g/mol. The van der Waals surface area contributed by atoms with Crippen molar-refractivity contribution in [3.8, 4) is 17.0 Å². The first kappa shape index (κ1) is 20.7. The highest BCUT2D eigenvalue weighted by Crippen LogP contribution is 2.37. The van der Waals surface area contributed by atoms with Gasteiger partial charge in [-0.25, -0.2) is 21.9 Å². The first-order valence-corrected chi connectivity index (χ1v) is 11.0. The van der Waals surface area contributed by atoms with Crippen LogP contribution in [0.2, 0.25) is 0 Å². The van der Waals surface area contributed by atoms with Crippen LogP contribution in [0.4, 0.5) is 8.78 Å². The Bertz CT molecular complexity index is 874. The SMILES string of the molecule is CCS(=O)(=O)N[C@H]1CCC(F)(F)C[C@@H]1COc1ccc(-c2ccccn2)cc1. The molecule has 3 rings (SSSR count). The Morgan fingerprint density at radius 1 is 1.21 bits per heavy atom. The zero-order chi connectivity index (χ0) is 20.2. The standard InChI is InChI=1S/C20H24F2N2O3S/c1-2-28(25,26)24-19-10-11-20(21,22)13-16(19)14-27-17-8-6-15(7-9-17)18-5-3-4-12-23-18/h3-9,12,16,19,24H,2,10-11,13-14H2,1H3/t16-,19+/m1/s1. The van der Waals surface area contributed by atoms with E-state index in [9.17, 15) is 17.2 Å². The molecule has 1 heterocycles. The fraction of sp³-hybridized carbons (Fsp3) is 0.450. The van der Waals surface area contributed by atoms with E-state index in [1.54, 1.807) is 18.3 Å². The van der Waals surface area contributed by atoms with Crippen LogP contribution in [0.1, 0.15) is 26.2 Å². The summed E-state index contributed by atoms with van der Waals surface area (Å²) in [5.74, 6) is -2.93. The van der Waals surface area contributed by atoms with Crippen molar-refractivity contribution in [1.82, 2.24) is 9.71 Å². The second-order valence-electron chi connectivity index (χ2n) is 7.04. The van der Waals surface area contributed by atoms with Gasteiger partial charge in [-0.15, -0.1) is 0 Å². The fourth-order valence-corrected chi connectivity index (χ4v) is 4.27. The zero-order valence-corrected chi connectivity index (χ0v) is 16.5. The lowest BCUT2D eigenvalue weighted by molar-refractivity contribution is -0.0660. The van der Waals surface area contributed by atoms with Crippen molar-refractivity contribution in [3.05, 3.63) is 48.7 Å². The molecular formula is C20H24F2N2O3S. The number of halogens is 2. The van der Waals surface area contributed by atoms with Crippen molar-refractivity contribution >= 4 is 10.0 Å². The minimum Gasteiger partial charge on any atom is -0.493 e. The minimum absolute atomic E-state index is 0.0232. The molecule has 1 saturated carbocycles. The van der Waals surface area contributed by atoms with Gasteiger partial charge in [-0.3, -0.25) is 4.98 Å². The van der Waals surface area contributed by atoms with E-state index in [1.165, 1.54) is 6.92 Å². The molecule has 1 aliphatic carbocycles. The van der Waals surface area contributed by atoms with Crippen LogP contribution in [0.15, 0.2) is 48.7 Å². The van der Waals surface area contributed by atoms with Gasteiger partial charge in [0.2, 0.25) is 15.9 Å². The third-order valence-electron chi connectivity index (χ3n) is 4.94. The van der Waals surface area contributed by atoms with Gasteiger partial charge in [-0.05, 0) is 49.7 Å². The number of hydrogen-bond acceptors (Lipinski definition) is 4. The van der Waals surface area contributed by atoms with Crippen LogP contribution >= 0.6 is 0 Å². The molecule has 1 aliphatic rings. The Labute approximate surface area is 164 Å². The van der Waals surface area contributed by atoms with E-state index in [4.69, 9.17) is 4.74 Å². The monoisotopic (exact) mass is 410 g/mol. The van der Waals surface area contributed by atoms with Crippen LogP contribution in [-0.2, 0) is 10.0 Å². The normalized spacial score (nSPS) is 22.0. The number of nitrogens with one attached hydrogen (secondary N) is 1. The fourth-order valence-electron chi connectivity index (χ4n) is 3.33. The smallest absolute Gasteiger partial charge is 0.248 e. The van der Waals surface area contributed by atoms with Crippen LogP contribution in [0, 0.1) is 5.92 Å². The average Bonchev–Trinajstić information content (AvgIpc) is 2.69. The van der Waals surface area contributed by atoms with E-state index in [-0.39, 0.29) is 25.2 Å². The van der Waals surface area contributed by atoms with Crippen molar-refractivity contribution in [2.24, 2.45) is 5.92 Å². The summed E-state index contributed by atoms with van der Waals surface area (Å²) >= 11 is 0. The van der Waals surface area contributed by atoms with Crippen molar-refractivity contribution in [3.63, 3.8) is 0 Å². The van der Waals surface area contributed by atoms with Gasteiger partial charge in [-0.2, -0.15) is 0 Å². The van der Waals surface area contributed by atoms with E-state index >= 15 is 0 Å². The topological polar surface area (TPSA) is 68.3 Å². The van der Waals surface area contributed by atoms with Crippen molar-refractivity contribution in [2.45, 2.75) is 38.2 Å². The lowest BCUT2D eigenvalue weighted by Crippen LogP contribution is -2.48. The van der Waals surface area contributed by atoms with Crippen LogP contribution in [-0.4, -0.2) is 37.7 Å². The van der Waals surface area contributed by atoms with Crippen LogP contribution in [0.25, 0.3) is 11.3 Å². The molecule has 0 radical (unpaired) electrons. The van der Waals surface area contributed by atoms with Gasteiger partial charge in [0, 0.05) is 36.6 Å². The summed E-state index contributed by atoms with van der Waals surface area (Å²) < 4.78 is 59.8. The molecule has 1 fully saturated rings. The molecule has 152 valence electrons. The first-order chi connectivity index (χ1) is 13.3.